The van der Waals surface area contributed by atoms with E-state index in [2.05, 4.69) is 72.2 Å². The number of hydrogen-bond donors (Lipinski definition) is 1. The van der Waals surface area contributed by atoms with Crippen LogP contribution in [0.15, 0.2) is 48.5 Å². The third-order valence-electron chi connectivity index (χ3n) is 6.55. The highest BCUT2D eigenvalue weighted by molar-refractivity contribution is 5.72. The molecule has 5 heteroatoms. The second-order valence-electron chi connectivity index (χ2n) is 8.48. The van der Waals surface area contributed by atoms with Gasteiger partial charge in [0.1, 0.15) is 0 Å². The number of nitrogens with zero attached hydrogens (tertiary/aromatic N) is 2. The van der Waals surface area contributed by atoms with Gasteiger partial charge in [0.05, 0.1) is 24.9 Å². The fourth-order valence-corrected chi connectivity index (χ4v) is 4.73. The smallest absolute Gasteiger partial charge is 0.306 e. The zero-order valence-corrected chi connectivity index (χ0v) is 19.2. The number of carbonyl (C=O) groups is 1. The van der Waals surface area contributed by atoms with Crippen molar-refractivity contribution in [3.05, 3.63) is 59.7 Å². The van der Waals surface area contributed by atoms with Gasteiger partial charge in [-0.1, -0.05) is 43.3 Å². The zero-order valence-electron chi connectivity index (χ0n) is 19.2. The van der Waals surface area contributed by atoms with Crippen molar-refractivity contribution in [2.24, 2.45) is 0 Å². The second-order valence-corrected chi connectivity index (χ2v) is 8.48. The van der Waals surface area contributed by atoms with Crippen molar-refractivity contribution in [3.63, 3.8) is 0 Å². The van der Waals surface area contributed by atoms with Gasteiger partial charge in [-0.15, -0.1) is 0 Å². The molecule has 168 valence electrons. The van der Waals surface area contributed by atoms with Crippen LogP contribution >= 0.6 is 0 Å². The summed E-state index contributed by atoms with van der Waals surface area (Å²) in [6.45, 7) is 8.46. The number of esters is 1. The lowest BCUT2D eigenvalue weighted by Gasteiger charge is -2.40. The minimum absolute atomic E-state index is 0.139. The Kier molecular flexibility index (Phi) is 8.35. The fourth-order valence-electron chi connectivity index (χ4n) is 4.73. The molecule has 1 aliphatic rings. The van der Waals surface area contributed by atoms with Gasteiger partial charge in [-0.3, -0.25) is 9.69 Å². The Labute approximate surface area is 187 Å². The van der Waals surface area contributed by atoms with Gasteiger partial charge in [0.15, 0.2) is 0 Å². The van der Waals surface area contributed by atoms with Crippen molar-refractivity contribution < 1.29 is 9.53 Å². The van der Waals surface area contributed by atoms with Crippen LogP contribution in [0, 0.1) is 0 Å². The van der Waals surface area contributed by atoms with Gasteiger partial charge in [-0.25, -0.2) is 0 Å². The Hall–Kier alpha value is -2.53. The van der Waals surface area contributed by atoms with Crippen molar-refractivity contribution in [1.82, 2.24) is 4.90 Å². The van der Waals surface area contributed by atoms with Crippen LogP contribution in [0.3, 0.4) is 0 Å². The highest BCUT2D eigenvalue weighted by atomic mass is 16.5. The third kappa shape index (κ3) is 6.01. The maximum atomic E-state index is 11.7. The molecule has 2 aromatic carbocycles. The van der Waals surface area contributed by atoms with E-state index in [4.69, 9.17) is 10.5 Å². The fraction of sp³-hybridized carbons (Fsp3) is 0.500. The minimum atomic E-state index is -0.174. The van der Waals surface area contributed by atoms with Crippen molar-refractivity contribution >= 4 is 17.3 Å². The van der Waals surface area contributed by atoms with Gasteiger partial charge in [0.2, 0.25) is 0 Å². The van der Waals surface area contributed by atoms with Crippen LogP contribution in [-0.2, 0) is 16.1 Å². The molecule has 0 bridgehead atoms. The molecule has 3 rings (SSSR count). The minimum Gasteiger partial charge on any atom is -0.469 e. The largest absolute Gasteiger partial charge is 0.469 e. The van der Waals surface area contributed by atoms with E-state index < -0.39 is 0 Å². The molecule has 0 radical (unpaired) electrons. The molecule has 2 N–H and O–H groups in total. The van der Waals surface area contributed by atoms with Crippen LogP contribution in [-0.4, -0.2) is 43.7 Å². The van der Waals surface area contributed by atoms with Crippen LogP contribution in [0.5, 0.6) is 0 Å². The molecular weight excluding hydrogens is 386 g/mol. The molecule has 2 aromatic rings. The van der Waals surface area contributed by atoms with Crippen LogP contribution < -0.4 is 10.6 Å². The lowest BCUT2D eigenvalue weighted by Crippen LogP contribution is -2.45. The van der Waals surface area contributed by atoms with Gasteiger partial charge in [-0.05, 0) is 55.4 Å². The Morgan fingerprint density at radius 3 is 2.45 bits per heavy atom. The van der Waals surface area contributed by atoms with E-state index in [0.29, 0.717) is 12.5 Å². The Morgan fingerprint density at radius 1 is 1.16 bits per heavy atom. The molecule has 0 aliphatic carbocycles. The first-order chi connectivity index (χ1) is 15.0. The molecule has 0 amide bonds. The summed E-state index contributed by atoms with van der Waals surface area (Å²) in [5.74, 6) is -0.0351. The first kappa shape index (κ1) is 23.1. The number of likely N-dealkylation sites (tertiary alicyclic amines) is 1. The molecule has 1 fully saturated rings. The highest BCUT2D eigenvalue weighted by Crippen LogP contribution is 2.33. The number of anilines is 2. The first-order valence-electron chi connectivity index (χ1n) is 11.5. The molecule has 0 spiro atoms. The number of nitrogens with two attached hydrogens (primary N) is 1. The molecule has 1 heterocycles. The third-order valence-corrected chi connectivity index (χ3v) is 6.55. The van der Waals surface area contributed by atoms with Gasteiger partial charge < -0.3 is 15.4 Å². The van der Waals surface area contributed by atoms with Crippen LogP contribution in [0.4, 0.5) is 11.4 Å². The predicted molar refractivity (Wildman–Crippen MR) is 128 cm³/mol. The summed E-state index contributed by atoms with van der Waals surface area (Å²) in [6.07, 6.45) is 3.55. The van der Waals surface area contributed by atoms with Gasteiger partial charge in [0.25, 0.3) is 0 Å². The number of methoxy groups -OCH3 is 1. The van der Waals surface area contributed by atoms with E-state index in [-0.39, 0.29) is 11.9 Å². The zero-order chi connectivity index (χ0) is 22.2. The average Bonchev–Trinajstić information content (AvgIpc) is 2.80. The van der Waals surface area contributed by atoms with Crippen molar-refractivity contribution in [2.45, 2.75) is 58.0 Å². The van der Waals surface area contributed by atoms with Crippen LogP contribution in [0.2, 0.25) is 0 Å². The summed E-state index contributed by atoms with van der Waals surface area (Å²) < 4.78 is 4.86. The molecule has 1 atom stereocenters. The predicted octanol–water partition coefficient (Wildman–Crippen LogP) is 4.82. The number of ether oxygens (including phenoxy) is 1. The normalized spacial score (nSPS) is 16.1. The summed E-state index contributed by atoms with van der Waals surface area (Å²) in [5, 5.41) is 0. The lowest BCUT2D eigenvalue weighted by atomic mass is 9.92. The first-order valence-corrected chi connectivity index (χ1v) is 11.5. The molecular formula is C26H37N3O2. The van der Waals surface area contributed by atoms with Crippen molar-refractivity contribution in [2.75, 3.05) is 37.4 Å². The quantitative estimate of drug-likeness (QED) is 0.463. The second kappa shape index (κ2) is 11.2. The number of benzene rings is 2. The summed E-state index contributed by atoms with van der Waals surface area (Å²) >= 11 is 0. The molecule has 0 aromatic heterocycles. The molecule has 0 saturated carbocycles. The van der Waals surface area contributed by atoms with E-state index in [9.17, 15) is 4.79 Å². The van der Waals surface area contributed by atoms with Gasteiger partial charge in [-0.2, -0.15) is 0 Å². The van der Waals surface area contributed by atoms with E-state index in [1.165, 1.54) is 12.7 Å². The van der Waals surface area contributed by atoms with Gasteiger partial charge in [0, 0.05) is 32.2 Å². The summed E-state index contributed by atoms with van der Waals surface area (Å²) in [4.78, 5) is 16.7. The molecule has 31 heavy (non-hydrogen) atoms. The summed E-state index contributed by atoms with van der Waals surface area (Å²) in [5.41, 5.74) is 10.9. The number of nitrogen functional groups attached to an aromatic ring is 1. The molecule has 1 unspecified atom stereocenters. The number of carbonyl (C=O) groups excluding carboxylic acids is 1. The van der Waals surface area contributed by atoms with E-state index in [1.807, 2.05) is 0 Å². The van der Waals surface area contributed by atoms with Crippen LogP contribution in [0.25, 0.3) is 0 Å². The number of hydrogen-bond acceptors (Lipinski definition) is 5. The average molecular weight is 424 g/mol. The Balaban J connectivity index is 1.65. The monoisotopic (exact) mass is 423 g/mol. The highest BCUT2D eigenvalue weighted by Gasteiger charge is 2.25. The number of rotatable bonds is 9. The van der Waals surface area contributed by atoms with E-state index in [1.54, 1.807) is 0 Å². The maximum Gasteiger partial charge on any atom is 0.306 e. The molecule has 5 nitrogen and oxygen atoms in total. The number of piperidine rings is 1. The summed E-state index contributed by atoms with van der Waals surface area (Å²) in [7, 11) is 1.44. The van der Waals surface area contributed by atoms with E-state index >= 15 is 0 Å². The SMILES string of the molecule is CCC(CC(=O)OC)c1ccc(N(CC)C2CCN(Cc3ccccc3)CC2)c(N)c1. The molecule has 1 aliphatic heterocycles. The van der Waals surface area contributed by atoms with Crippen LogP contribution in [0.1, 0.15) is 56.6 Å². The lowest BCUT2D eigenvalue weighted by molar-refractivity contribution is -0.141. The Bertz CT molecular complexity index is 832. The topological polar surface area (TPSA) is 58.8 Å². The van der Waals surface area contributed by atoms with Crippen molar-refractivity contribution in [3.8, 4) is 0 Å². The van der Waals surface area contributed by atoms with Crippen molar-refractivity contribution in [1.29, 1.82) is 0 Å². The van der Waals surface area contributed by atoms with E-state index in [0.717, 1.165) is 62.4 Å². The summed E-state index contributed by atoms with van der Waals surface area (Å²) in [6, 6.07) is 17.5. The molecule has 1 saturated heterocycles. The Morgan fingerprint density at radius 2 is 1.87 bits per heavy atom. The standard InChI is InChI=1S/C26H37N3O2/c1-4-21(18-26(30)31-3)22-11-12-25(24(27)17-22)29(5-2)23-13-15-28(16-14-23)19-20-9-7-6-8-10-20/h6-12,17,21,23H,4-5,13-16,18-19,27H2,1-3H3. The maximum absolute atomic E-state index is 11.7. The van der Waals surface area contributed by atoms with Gasteiger partial charge >= 0.3 is 5.97 Å².